The lowest BCUT2D eigenvalue weighted by Gasteiger charge is -1.99. The van der Waals surface area contributed by atoms with Crippen molar-refractivity contribution < 1.29 is 0 Å². The van der Waals surface area contributed by atoms with E-state index in [0.29, 0.717) is 11.6 Å². The van der Waals surface area contributed by atoms with Crippen LogP contribution in [0.5, 0.6) is 0 Å². The lowest BCUT2D eigenvalue weighted by Crippen LogP contribution is -2.10. The molecule has 3 N–H and O–H groups in total. The van der Waals surface area contributed by atoms with Crippen LogP contribution in [0.1, 0.15) is 17.0 Å². The van der Waals surface area contributed by atoms with Crippen LogP contribution in [0.3, 0.4) is 0 Å². The number of aromatic nitrogens is 3. The van der Waals surface area contributed by atoms with Crippen LogP contribution in [0, 0.1) is 13.8 Å². The highest BCUT2D eigenvalue weighted by Gasteiger charge is 2.05. The maximum atomic E-state index is 11.3. The van der Waals surface area contributed by atoms with Crippen molar-refractivity contribution in [2.75, 3.05) is 5.43 Å². The summed E-state index contributed by atoms with van der Waals surface area (Å²) in [5.41, 5.74) is 6.29. The first-order valence-electron chi connectivity index (χ1n) is 6.58. The average molecular weight is 281 g/mol. The molecule has 0 saturated carbocycles. The predicted octanol–water partition coefficient (Wildman–Crippen LogP) is 2.31. The highest BCUT2D eigenvalue weighted by Crippen LogP contribution is 2.19. The Morgan fingerprint density at radius 3 is 2.86 bits per heavy atom. The number of aryl methyl sites for hydroxylation is 2. The fourth-order valence-corrected chi connectivity index (χ4v) is 2.25. The summed E-state index contributed by atoms with van der Waals surface area (Å²) in [7, 11) is 0. The molecule has 21 heavy (non-hydrogen) atoms. The second-order valence-electron chi connectivity index (χ2n) is 4.81. The molecule has 1 aromatic carbocycles. The van der Waals surface area contributed by atoms with Gasteiger partial charge in [-0.15, -0.1) is 0 Å². The number of H-pyrrole nitrogens is 2. The Bertz CT molecular complexity index is 875. The third-order valence-electron chi connectivity index (χ3n) is 3.18. The molecule has 6 heteroatoms. The molecule has 3 rings (SSSR count). The van der Waals surface area contributed by atoms with E-state index in [1.165, 1.54) is 6.07 Å². The first kappa shape index (κ1) is 13.1. The van der Waals surface area contributed by atoms with Crippen molar-refractivity contribution in [3.8, 4) is 0 Å². The van der Waals surface area contributed by atoms with E-state index in [1.54, 1.807) is 13.1 Å². The monoisotopic (exact) mass is 281 g/mol. The number of anilines is 1. The number of hydrazone groups is 1. The topological polar surface area (TPSA) is 85.9 Å². The zero-order valence-electron chi connectivity index (χ0n) is 11.8. The minimum atomic E-state index is -0.205. The van der Waals surface area contributed by atoms with Gasteiger partial charge in [0.25, 0.3) is 5.56 Å². The lowest BCUT2D eigenvalue weighted by atomic mass is 10.1. The second-order valence-corrected chi connectivity index (χ2v) is 4.81. The van der Waals surface area contributed by atoms with Crippen molar-refractivity contribution >= 4 is 23.1 Å². The molecule has 0 spiro atoms. The van der Waals surface area contributed by atoms with E-state index < -0.39 is 0 Å². The molecule has 2 heterocycles. The minimum absolute atomic E-state index is 0.205. The molecule has 0 bridgehead atoms. The van der Waals surface area contributed by atoms with Gasteiger partial charge in [0, 0.05) is 33.9 Å². The normalized spacial score (nSPS) is 11.3. The first-order valence-corrected chi connectivity index (χ1v) is 6.58. The highest BCUT2D eigenvalue weighted by molar-refractivity contribution is 6.00. The minimum Gasteiger partial charge on any atom is -0.358 e. The molecule has 0 radical (unpaired) electrons. The van der Waals surface area contributed by atoms with Gasteiger partial charge in [0.05, 0.1) is 6.21 Å². The van der Waals surface area contributed by atoms with Crippen molar-refractivity contribution in [2.45, 2.75) is 13.8 Å². The Morgan fingerprint density at radius 1 is 1.24 bits per heavy atom. The molecule has 3 aromatic rings. The van der Waals surface area contributed by atoms with Gasteiger partial charge in [-0.2, -0.15) is 5.10 Å². The number of hydrogen-bond acceptors (Lipinski definition) is 4. The Hall–Kier alpha value is -2.89. The molecule has 0 fully saturated rings. The highest BCUT2D eigenvalue weighted by atomic mass is 16.1. The van der Waals surface area contributed by atoms with Gasteiger partial charge in [-0.05, 0) is 19.9 Å². The summed E-state index contributed by atoms with van der Waals surface area (Å²) in [6, 6.07) is 9.46. The van der Waals surface area contributed by atoms with Crippen molar-refractivity contribution in [1.82, 2.24) is 15.0 Å². The van der Waals surface area contributed by atoms with Gasteiger partial charge < -0.3 is 4.98 Å². The van der Waals surface area contributed by atoms with E-state index in [2.05, 4.69) is 25.5 Å². The van der Waals surface area contributed by atoms with Gasteiger partial charge in [0.2, 0.25) is 5.95 Å². The number of nitrogens with zero attached hydrogens (tertiary/aromatic N) is 2. The first-order chi connectivity index (χ1) is 10.1. The maximum absolute atomic E-state index is 11.3. The van der Waals surface area contributed by atoms with Crippen molar-refractivity contribution in [2.24, 2.45) is 5.10 Å². The Morgan fingerprint density at radius 2 is 2.05 bits per heavy atom. The van der Waals surface area contributed by atoms with Crippen molar-refractivity contribution in [3.63, 3.8) is 0 Å². The summed E-state index contributed by atoms with van der Waals surface area (Å²) in [6.07, 6.45) is 1.72. The Labute approximate surface area is 120 Å². The lowest BCUT2D eigenvalue weighted by molar-refractivity contribution is 1.04. The molecule has 6 nitrogen and oxygen atoms in total. The third-order valence-corrected chi connectivity index (χ3v) is 3.18. The van der Waals surface area contributed by atoms with Crippen LogP contribution in [0.25, 0.3) is 10.9 Å². The molecule has 0 aliphatic heterocycles. The predicted molar refractivity (Wildman–Crippen MR) is 83.8 cm³/mol. The number of rotatable bonds is 3. The number of para-hydroxylation sites is 1. The van der Waals surface area contributed by atoms with Gasteiger partial charge in [0.1, 0.15) is 0 Å². The van der Waals surface area contributed by atoms with Crippen LogP contribution in [-0.4, -0.2) is 21.2 Å². The second kappa shape index (κ2) is 5.24. The van der Waals surface area contributed by atoms with Gasteiger partial charge in [-0.3, -0.25) is 9.78 Å². The molecule has 0 amide bonds. The average Bonchev–Trinajstić information content (AvgIpc) is 2.74. The SMILES string of the molecule is Cc1cc(=O)[nH]c(N/N=C\c2c(C)[nH]c3ccccc23)n1. The number of hydrogen-bond donors (Lipinski definition) is 3. The fourth-order valence-electron chi connectivity index (χ4n) is 2.25. The van der Waals surface area contributed by atoms with E-state index in [0.717, 1.165) is 22.2 Å². The van der Waals surface area contributed by atoms with E-state index in [1.807, 2.05) is 31.2 Å². The maximum Gasteiger partial charge on any atom is 0.252 e. The Balaban J connectivity index is 1.88. The fraction of sp³-hybridized carbons (Fsp3) is 0.133. The van der Waals surface area contributed by atoms with E-state index in [-0.39, 0.29) is 5.56 Å². The van der Waals surface area contributed by atoms with Crippen molar-refractivity contribution in [3.05, 3.63) is 57.6 Å². The number of fused-ring (bicyclic) bond motifs is 1. The van der Waals surface area contributed by atoms with E-state index in [9.17, 15) is 4.79 Å². The van der Waals surface area contributed by atoms with Crippen LogP contribution in [0.4, 0.5) is 5.95 Å². The van der Waals surface area contributed by atoms with Crippen LogP contribution in [-0.2, 0) is 0 Å². The number of nitrogens with one attached hydrogen (secondary N) is 3. The number of benzene rings is 1. The quantitative estimate of drug-likeness (QED) is 0.508. The molecule has 0 aliphatic rings. The largest absolute Gasteiger partial charge is 0.358 e. The smallest absolute Gasteiger partial charge is 0.252 e. The van der Waals surface area contributed by atoms with Gasteiger partial charge in [-0.1, -0.05) is 18.2 Å². The van der Waals surface area contributed by atoms with Crippen LogP contribution in [0.2, 0.25) is 0 Å². The van der Waals surface area contributed by atoms with Gasteiger partial charge in [0.15, 0.2) is 0 Å². The van der Waals surface area contributed by atoms with E-state index >= 15 is 0 Å². The molecular formula is C15H15N5O. The molecule has 0 saturated heterocycles. The summed E-state index contributed by atoms with van der Waals surface area (Å²) < 4.78 is 0. The van der Waals surface area contributed by atoms with Crippen LogP contribution in [0.15, 0.2) is 40.2 Å². The summed E-state index contributed by atoms with van der Waals surface area (Å²) in [5.74, 6) is 0.328. The standard InChI is InChI=1S/C15H15N5O/c1-9-7-14(21)19-15(17-9)20-16-8-12-10(2)18-13-6-4-3-5-11(12)13/h3-8,18H,1-2H3,(H2,17,19,20,21)/b16-8-. The zero-order valence-corrected chi connectivity index (χ0v) is 11.8. The molecular weight excluding hydrogens is 266 g/mol. The third kappa shape index (κ3) is 2.69. The zero-order chi connectivity index (χ0) is 14.8. The van der Waals surface area contributed by atoms with Gasteiger partial charge in [-0.25, -0.2) is 10.4 Å². The van der Waals surface area contributed by atoms with Gasteiger partial charge >= 0.3 is 0 Å². The molecule has 0 atom stereocenters. The molecule has 2 aromatic heterocycles. The summed E-state index contributed by atoms with van der Waals surface area (Å²) in [4.78, 5) is 21.4. The molecule has 0 unspecified atom stereocenters. The Kier molecular flexibility index (Phi) is 3.27. The van der Waals surface area contributed by atoms with E-state index in [4.69, 9.17) is 0 Å². The summed E-state index contributed by atoms with van der Waals surface area (Å²) in [6.45, 7) is 3.75. The molecule has 106 valence electrons. The van der Waals surface area contributed by atoms with Crippen LogP contribution < -0.4 is 11.0 Å². The summed E-state index contributed by atoms with van der Waals surface area (Å²) in [5, 5.41) is 5.25. The molecule has 0 aliphatic carbocycles. The number of aromatic amines is 2. The van der Waals surface area contributed by atoms with Crippen molar-refractivity contribution in [1.29, 1.82) is 0 Å². The summed E-state index contributed by atoms with van der Waals surface area (Å²) >= 11 is 0. The van der Waals surface area contributed by atoms with Crippen LogP contribution >= 0.6 is 0 Å².